The molecule has 1 aliphatic heterocycles. The highest BCUT2D eigenvalue weighted by Crippen LogP contribution is 2.39. The van der Waals surface area contributed by atoms with Crippen molar-refractivity contribution in [1.29, 1.82) is 0 Å². The summed E-state index contributed by atoms with van der Waals surface area (Å²) in [6, 6.07) is 7.91. The lowest BCUT2D eigenvalue weighted by atomic mass is 9.83. The summed E-state index contributed by atoms with van der Waals surface area (Å²) in [6.45, 7) is 6.74. The second kappa shape index (κ2) is 11.3. The number of amides is 1. The Morgan fingerprint density at radius 2 is 1.93 bits per heavy atom. The maximum atomic E-state index is 14.2. The Kier molecular flexibility index (Phi) is 7.79. The Morgan fingerprint density at radius 1 is 1.15 bits per heavy atom. The molecular formula is C30H31F3N6O. The molecule has 10 heteroatoms. The van der Waals surface area contributed by atoms with Gasteiger partial charge >= 0.3 is 6.18 Å². The molecule has 2 unspecified atom stereocenters. The number of piperazine rings is 1. The molecule has 1 N–H and O–H groups in total. The first-order chi connectivity index (χ1) is 19.1. The Hall–Kier alpha value is -3.94. The number of aromatic nitrogens is 3. The maximum absolute atomic E-state index is 14.2. The monoisotopic (exact) mass is 548 g/mol. The fraction of sp³-hybridized carbons (Fsp3) is 0.367. The number of imidazole rings is 1. The maximum Gasteiger partial charge on any atom is 0.413 e. The van der Waals surface area contributed by atoms with Gasteiger partial charge in [0, 0.05) is 61.5 Å². The summed E-state index contributed by atoms with van der Waals surface area (Å²) in [7, 11) is 2.01. The number of alkyl halides is 3. The second-order valence-corrected chi connectivity index (χ2v) is 10.4. The Bertz CT molecular complexity index is 1540. The van der Waals surface area contributed by atoms with Crippen molar-refractivity contribution in [3.8, 4) is 11.8 Å². The van der Waals surface area contributed by atoms with Crippen molar-refractivity contribution in [3.05, 3.63) is 88.4 Å². The van der Waals surface area contributed by atoms with Gasteiger partial charge in [0.2, 0.25) is 0 Å². The van der Waals surface area contributed by atoms with E-state index < -0.39 is 29.6 Å². The lowest BCUT2D eigenvalue weighted by Crippen LogP contribution is -2.46. The van der Waals surface area contributed by atoms with Gasteiger partial charge in [-0.3, -0.25) is 9.69 Å². The van der Waals surface area contributed by atoms with Gasteiger partial charge in [-0.25, -0.2) is 9.50 Å². The average Bonchev–Trinajstić information content (AvgIpc) is 3.33. The van der Waals surface area contributed by atoms with Gasteiger partial charge in [-0.05, 0) is 55.3 Å². The van der Waals surface area contributed by atoms with Crippen LogP contribution < -0.4 is 5.32 Å². The summed E-state index contributed by atoms with van der Waals surface area (Å²) in [5.41, 5.74) is 2.80. The van der Waals surface area contributed by atoms with Crippen LogP contribution in [0.1, 0.15) is 34.1 Å². The smallest absolute Gasteiger partial charge is 0.345 e. The number of fused-ring (bicyclic) bond motifs is 1. The van der Waals surface area contributed by atoms with Crippen LogP contribution in [0.3, 0.4) is 0 Å². The summed E-state index contributed by atoms with van der Waals surface area (Å²) < 4.78 is 44.3. The normalized spacial score (nSPS) is 20.4. The highest BCUT2D eigenvalue weighted by Gasteiger charge is 2.43. The Labute approximate surface area is 231 Å². The van der Waals surface area contributed by atoms with Crippen LogP contribution in [0.4, 0.5) is 13.2 Å². The van der Waals surface area contributed by atoms with E-state index in [0.717, 1.165) is 31.7 Å². The van der Waals surface area contributed by atoms with E-state index in [1.54, 1.807) is 47.3 Å². The number of hydrogen-bond donors (Lipinski definition) is 1. The van der Waals surface area contributed by atoms with Crippen LogP contribution >= 0.6 is 0 Å². The Balaban J connectivity index is 1.33. The third kappa shape index (κ3) is 5.96. The topological polar surface area (TPSA) is 65.8 Å². The lowest BCUT2D eigenvalue weighted by Gasteiger charge is -2.36. The van der Waals surface area contributed by atoms with E-state index in [1.165, 1.54) is 13.0 Å². The van der Waals surface area contributed by atoms with E-state index in [4.69, 9.17) is 0 Å². The number of likely N-dealkylation sites (N-methyl/N-ethyl adjacent to an activating group) is 1. The van der Waals surface area contributed by atoms with E-state index in [2.05, 4.69) is 37.0 Å². The number of hydrogen-bond acceptors (Lipinski definition) is 5. The Morgan fingerprint density at radius 3 is 2.67 bits per heavy atom. The van der Waals surface area contributed by atoms with Gasteiger partial charge in [-0.2, -0.15) is 18.3 Å². The molecule has 7 nitrogen and oxygen atoms in total. The van der Waals surface area contributed by atoms with Gasteiger partial charge in [-0.15, -0.1) is 0 Å². The summed E-state index contributed by atoms with van der Waals surface area (Å²) in [5.74, 6) is 4.75. The minimum atomic E-state index is -4.49. The molecule has 5 rings (SSSR count). The molecule has 0 radical (unpaired) electrons. The number of nitrogens with zero attached hydrogens (tertiary/aromatic N) is 5. The summed E-state index contributed by atoms with van der Waals surface area (Å²) in [4.78, 5) is 21.7. The third-order valence-corrected chi connectivity index (χ3v) is 7.54. The average molecular weight is 549 g/mol. The van der Waals surface area contributed by atoms with Crippen molar-refractivity contribution in [1.82, 2.24) is 29.7 Å². The molecule has 1 amide bonds. The highest BCUT2D eigenvalue weighted by atomic mass is 19.4. The van der Waals surface area contributed by atoms with Crippen LogP contribution in [0, 0.1) is 24.7 Å². The van der Waals surface area contributed by atoms with Crippen molar-refractivity contribution in [3.63, 3.8) is 0 Å². The van der Waals surface area contributed by atoms with E-state index in [0.29, 0.717) is 22.5 Å². The first kappa shape index (κ1) is 27.6. The third-order valence-electron chi connectivity index (χ3n) is 7.54. The number of carbonyl (C=O) groups excluding carboxylic acids is 1. The molecule has 208 valence electrons. The molecule has 2 atom stereocenters. The number of benzene rings is 1. The molecule has 3 aromatic rings. The van der Waals surface area contributed by atoms with Gasteiger partial charge < -0.3 is 10.2 Å². The zero-order chi connectivity index (χ0) is 28.4. The number of halogens is 3. The zero-order valence-electron chi connectivity index (χ0n) is 22.7. The first-order valence-corrected chi connectivity index (χ1v) is 13.2. The fourth-order valence-corrected chi connectivity index (χ4v) is 5.12. The highest BCUT2D eigenvalue weighted by molar-refractivity contribution is 5.95. The molecular weight excluding hydrogens is 517 g/mol. The van der Waals surface area contributed by atoms with E-state index >= 15 is 0 Å². The quantitative estimate of drug-likeness (QED) is 0.502. The summed E-state index contributed by atoms with van der Waals surface area (Å²) in [6.07, 6.45) is 1.99. The van der Waals surface area contributed by atoms with Gasteiger partial charge in [0.25, 0.3) is 5.91 Å². The zero-order valence-corrected chi connectivity index (χ0v) is 22.7. The molecule has 2 aliphatic rings. The molecule has 1 saturated heterocycles. The molecule has 0 spiro atoms. The number of nitrogens with one attached hydrogen (secondary N) is 1. The minimum Gasteiger partial charge on any atom is -0.345 e. The van der Waals surface area contributed by atoms with Gasteiger partial charge in [-0.1, -0.05) is 31.1 Å². The lowest BCUT2D eigenvalue weighted by molar-refractivity contribution is -0.100. The predicted octanol–water partition coefficient (Wildman–Crippen LogP) is 3.85. The van der Waals surface area contributed by atoms with E-state index in [1.807, 2.05) is 20.0 Å². The van der Waals surface area contributed by atoms with Crippen molar-refractivity contribution in [2.45, 2.75) is 26.1 Å². The number of carbonyl (C=O) groups is 1. The number of aryl methyl sites for hydroxylation is 1. The largest absolute Gasteiger partial charge is 0.413 e. The molecule has 1 aromatic carbocycles. The van der Waals surface area contributed by atoms with Crippen LogP contribution in [0.15, 0.2) is 66.0 Å². The fourth-order valence-electron chi connectivity index (χ4n) is 5.12. The van der Waals surface area contributed by atoms with Crippen LogP contribution in [0.2, 0.25) is 0 Å². The van der Waals surface area contributed by atoms with Crippen LogP contribution in [0.5, 0.6) is 0 Å². The summed E-state index contributed by atoms with van der Waals surface area (Å²) in [5, 5.41) is 7.06. The standard InChI is InChI=1S/C30H31F3N6O/c1-20-6-7-23(17-22(20)8-10-25-18-34-27-5-4-12-35-39(25)27)29(40)36-26-11-9-24(28(21(26)2)30(31,32)33)19-38-15-13-37(3)14-16-38/h4-7,9,11-12,17-18,21,26H,13-16,19H2,1-3H3,(H,36,40). The predicted molar refractivity (Wildman–Crippen MR) is 147 cm³/mol. The van der Waals surface area contributed by atoms with Crippen molar-refractivity contribution < 1.29 is 18.0 Å². The summed E-state index contributed by atoms with van der Waals surface area (Å²) >= 11 is 0. The molecule has 1 fully saturated rings. The second-order valence-electron chi connectivity index (χ2n) is 10.4. The molecule has 0 bridgehead atoms. The minimum absolute atomic E-state index is 0.242. The first-order valence-electron chi connectivity index (χ1n) is 13.2. The van der Waals surface area contributed by atoms with Crippen molar-refractivity contribution >= 4 is 11.6 Å². The molecule has 1 aliphatic carbocycles. The van der Waals surface area contributed by atoms with Crippen LogP contribution in [-0.2, 0) is 0 Å². The van der Waals surface area contributed by atoms with Gasteiger partial charge in [0.1, 0.15) is 5.69 Å². The molecule has 0 saturated carbocycles. The van der Waals surface area contributed by atoms with E-state index in [-0.39, 0.29) is 12.1 Å². The molecule has 2 aromatic heterocycles. The van der Waals surface area contributed by atoms with Crippen molar-refractivity contribution in [2.75, 3.05) is 39.8 Å². The van der Waals surface area contributed by atoms with Crippen LogP contribution in [-0.4, -0.2) is 82.3 Å². The molecule has 3 heterocycles. The number of rotatable bonds is 4. The van der Waals surface area contributed by atoms with Crippen LogP contribution in [0.25, 0.3) is 5.65 Å². The van der Waals surface area contributed by atoms with Crippen molar-refractivity contribution in [2.24, 2.45) is 5.92 Å². The van der Waals surface area contributed by atoms with Gasteiger partial charge in [0.05, 0.1) is 12.2 Å². The molecule has 40 heavy (non-hydrogen) atoms. The SMILES string of the molecule is Cc1ccc(C(=O)NC2C=CC(CN3CCN(C)CC3)=C(C(F)(F)F)C2C)cc1C#Cc1cnc2cccnn12. The van der Waals surface area contributed by atoms with E-state index in [9.17, 15) is 18.0 Å². The van der Waals surface area contributed by atoms with Gasteiger partial charge in [0.15, 0.2) is 5.65 Å².